The van der Waals surface area contributed by atoms with Crippen LogP contribution in [0.3, 0.4) is 0 Å². The highest BCUT2D eigenvalue weighted by Gasteiger charge is 2.55. The Kier molecular flexibility index (Phi) is 4.27. The van der Waals surface area contributed by atoms with Crippen molar-refractivity contribution < 1.29 is 19.1 Å². The number of rotatable bonds is 6. The maximum Gasteiger partial charge on any atom is 0.334 e. The lowest BCUT2D eigenvalue weighted by Gasteiger charge is -2.26. The summed E-state index contributed by atoms with van der Waals surface area (Å²) < 4.78 is 10.5. The minimum absolute atomic E-state index is 0.242. The largest absolute Gasteiger partial charge is 0.465 e. The normalized spacial score (nSPS) is 28.1. The van der Waals surface area contributed by atoms with Gasteiger partial charge >= 0.3 is 11.9 Å². The van der Waals surface area contributed by atoms with Gasteiger partial charge in [-0.1, -0.05) is 19.9 Å². The van der Waals surface area contributed by atoms with Crippen molar-refractivity contribution >= 4 is 11.9 Å². The molecule has 2 rings (SSSR count). The minimum atomic E-state index is -0.718. The number of carbonyl (C=O) groups is 2. The van der Waals surface area contributed by atoms with Crippen LogP contribution in [0.4, 0.5) is 0 Å². The van der Waals surface area contributed by atoms with Crippen LogP contribution < -0.4 is 0 Å². The number of carbonyl (C=O) groups excluding carboxylic acids is 2. The Labute approximate surface area is 114 Å². The molecule has 0 aliphatic heterocycles. The first-order valence-corrected chi connectivity index (χ1v) is 7.20. The molecule has 0 saturated heterocycles. The number of hydrogen-bond acceptors (Lipinski definition) is 4. The van der Waals surface area contributed by atoms with E-state index in [4.69, 9.17) is 9.47 Å². The lowest BCUT2D eigenvalue weighted by Crippen LogP contribution is -2.35. The monoisotopic (exact) mass is 266 g/mol. The SMILES string of the molecule is CCCOC(=O)C1=CC2CCC1(C(=O)OCCC)C2. The first-order chi connectivity index (χ1) is 9.14. The smallest absolute Gasteiger partial charge is 0.334 e. The van der Waals surface area contributed by atoms with Crippen LogP contribution in [-0.4, -0.2) is 25.2 Å². The Bertz CT molecular complexity index is 399. The number of allylic oxidation sites excluding steroid dienone is 1. The van der Waals surface area contributed by atoms with Gasteiger partial charge in [-0.05, 0) is 38.0 Å². The summed E-state index contributed by atoms with van der Waals surface area (Å²) >= 11 is 0. The van der Waals surface area contributed by atoms with E-state index < -0.39 is 5.41 Å². The fourth-order valence-electron chi connectivity index (χ4n) is 3.03. The van der Waals surface area contributed by atoms with Gasteiger partial charge in [-0.2, -0.15) is 0 Å². The summed E-state index contributed by atoms with van der Waals surface area (Å²) in [6.45, 7) is 4.74. The van der Waals surface area contributed by atoms with Gasteiger partial charge in [-0.3, -0.25) is 4.79 Å². The van der Waals surface area contributed by atoms with Crippen molar-refractivity contribution in [3.8, 4) is 0 Å². The first-order valence-electron chi connectivity index (χ1n) is 7.20. The average molecular weight is 266 g/mol. The van der Waals surface area contributed by atoms with Crippen LogP contribution in [0.2, 0.25) is 0 Å². The zero-order chi connectivity index (χ0) is 13.9. The van der Waals surface area contributed by atoms with E-state index in [0.29, 0.717) is 37.5 Å². The van der Waals surface area contributed by atoms with Crippen LogP contribution >= 0.6 is 0 Å². The second-order valence-corrected chi connectivity index (χ2v) is 5.44. The van der Waals surface area contributed by atoms with Crippen LogP contribution in [0.15, 0.2) is 11.6 Å². The third-order valence-electron chi connectivity index (χ3n) is 3.96. The predicted molar refractivity (Wildman–Crippen MR) is 70.4 cm³/mol. The van der Waals surface area contributed by atoms with E-state index >= 15 is 0 Å². The summed E-state index contributed by atoms with van der Waals surface area (Å²) in [4.78, 5) is 24.4. The van der Waals surface area contributed by atoms with Gasteiger partial charge in [-0.15, -0.1) is 0 Å². The van der Waals surface area contributed by atoms with E-state index in [9.17, 15) is 9.59 Å². The molecular formula is C15H22O4. The van der Waals surface area contributed by atoms with E-state index in [-0.39, 0.29) is 11.9 Å². The minimum Gasteiger partial charge on any atom is -0.465 e. The molecule has 0 amide bonds. The van der Waals surface area contributed by atoms with Crippen molar-refractivity contribution in [1.29, 1.82) is 0 Å². The number of fused-ring (bicyclic) bond motifs is 2. The zero-order valence-corrected chi connectivity index (χ0v) is 11.7. The molecule has 0 radical (unpaired) electrons. The molecule has 2 unspecified atom stereocenters. The molecule has 106 valence electrons. The molecule has 0 N–H and O–H groups in total. The summed E-state index contributed by atoms with van der Waals surface area (Å²) in [6.07, 6.45) is 5.90. The Hall–Kier alpha value is -1.32. The quantitative estimate of drug-likeness (QED) is 0.693. The number of ether oxygens (including phenoxy) is 2. The molecule has 0 aromatic rings. The fourth-order valence-corrected chi connectivity index (χ4v) is 3.03. The van der Waals surface area contributed by atoms with E-state index in [0.717, 1.165) is 19.3 Å². The van der Waals surface area contributed by atoms with Gasteiger partial charge < -0.3 is 9.47 Å². The Morgan fingerprint density at radius 2 is 1.95 bits per heavy atom. The first kappa shape index (κ1) is 14.1. The van der Waals surface area contributed by atoms with E-state index in [1.165, 1.54) is 0 Å². The predicted octanol–water partition coefficient (Wildman–Crippen LogP) is 2.62. The van der Waals surface area contributed by atoms with Crippen molar-refractivity contribution in [1.82, 2.24) is 0 Å². The van der Waals surface area contributed by atoms with Gasteiger partial charge in [0.1, 0.15) is 5.41 Å². The fraction of sp³-hybridized carbons (Fsp3) is 0.733. The second-order valence-electron chi connectivity index (χ2n) is 5.44. The molecule has 2 aliphatic carbocycles. The van der Waals surface area contributed by atoms with Crippen molar-refractivity contribution in [2.24, 2.45) is 11.3 Å². The molecule has 0 spiro atoms. The highest BCUT2D eigenvalue weighted by Crippen LogP contribution is 2.54. The molecule has 2 atom stereocenters. The average Bonchev–Trinajstić information content (AvgIpc) is 3.01. The van der Waals surface area contributed by atoms with Crippen LogP contribution in [0, 0.1) is 11.3 Å². The second kappa shape index (κ2) is 5.76. The van der Waals surface area contributed by atoms with Crippen molar-refractivity contribution in [3.05, 3.63) is 11.6 Å². The van der Waals surface area contributed by atoms with Crippen molar-refractivity contribution in [2.45, 2.75) is 46.0 Å². The zero-order valence-electron chi connectivity index (χ0n) is 11.7. The van der Waals surface area contributed by atoms with Gasteiger partial charge in [0.15, 0.2) is 0 Å². The van der Waals surface area contributed by atoms with Gasteiger partial charge in [0, 0.05) is 0 Å². The molecule has 19 heavy (non-hydrogen) atoms. The van der Waals surface area contributed by atoms with Gasteiger partial charge in [-0.25, -0.2) is 4.79 Å². The van der Waals surface area contributed by atoms with Gasteiger partial charge in [0.25, 0.3) is 0 Å². The Morgan fingerprint density at radius 3 is 2.58 bits per heavy atom. The van der Waals surface area contributed by atoms with Crippen LogP contribution in [-0.2, 0) is 19.1 Å². The van der Waals surface area contributed by atoms with Crippen LogP contribution in [0.25, 0.3) is 0 Å². The van der Waals surface area contributed by atoms with E-state index in [1.807, 2.05) is 19.9 Å². The highest BCUT2D eigenvalue weighted by atomic mass is 16.5. The van der Waals surface area contributed by atoms with Crippen LogP contribution in [0.1, 0.15) is 46.0 Å². The molecule has 2 bridgehead atoms. The van der Waals surface area contributed by atoms with Crippen molar-refractivity contribution in [2.75, 3.05) is 13.2 Å². The number of esters is 2. The lowest BCUT2D eigenvalue weighted by atomic mass is 9.80. The standard InChI is InChI=1S/C15H22O4/c1-3-7-18-13(16)12-9-11-5-6-15(12,10-11)14(17)19-8-4-2/h9,11H,3-8,10H2,1-2H3. The van der Waals surface area contributed by atoms with Gasteiger partial charge in [0.2, 0.25) is 0 Å². The molecule has 4 heteroatoms. The molecule has 1 saturated carbocycles. The lowest BCUT2D eigenvalue weighted by molar-refractivity contribution is -0.156. The summed E-state index contributed by atoms with van der Waals surface area (Å²) in [7, 11) is 0. The summed E-state index contributed by atoms with van der Waals surface area (Å²) in [5.41, 5.74) is -0.178. The summed E-state index contributed by atoms with van der Waals surface area (Å²) in [5.74, 6) is -0.245. The third kappa shape index (κ3) is 2.53. The molecule has 0 aromatic heterocycles. The Morgan fingerprint density at radius 1 is 1.26 bits per heavy atom. The van der Waals surface area contributed by atoms with E-state index in [2.05, 4.69) is 0 Å². The Balaban J connectivity index is 2.12. The summed E-state index contributed by atoms with van der Waals surface area (Å²) in [5, 5.41) is 0. The van der Waals surface area contributed by atoms with E-state index in [1.54, 1.807) is 0 Å². The molecule has 0 heterocycles. The third-order valence-corrected chi connectivity index (χ3v) is 3.96. The molecule has 0 aromatic carbocycles. The molecular weight excluding hydrogens is 244 g/mol. The summed E-state index contributed by atoms with van der Waals surface area (Å²) in [6, 6.07) is 0. The van der Waals surface area contributed by atoms with Gasteiger partial charge in [0.05, 0.1) is 18.8 Å². The highest BCUT2D eigenvalue weighted by molar-refractivity contribution is 5.99. The maximum atomic E-state index is 12.3. The maximum absolute atomic E-state index is 12.3. The molecule has 4 nitrogen and oxygen atoms in total. The van der Waals surface area contributed by atoms with Crippen LogP contribution in [0.5, 0.6) is 0 Å². The topological polar surface area (TPSA) is 52.6 Å². The molecule has 1 fully saturated rings. The molecule has 2 aliphatic rings. The number of hydrogen-bond donors (Lipinski definition) is 0. The van der Waals surface area contributed by atoms with Crippen molar-refractivity contribution in [3.63, 3.8) is 0 Å².